The first-order chi connectivity index (χ1) is 13.3. The van der Waals surface area contributed by atoms with Crippen LogP contribution in [0, 0.1) is 5.92 Å². The average molecular weight is 414 g/mol. The first-order valence-electron chi connectivity index (χ1n) is 9.17. The molecule has 160 valence electrons. The molecule has 29 heavy (non-hydrogen) atoms. The Morgan fingerprint density at radius 3 is 2.48 bits per heavy atom. The van der Waals surface area contributed by atoms with Crippen LogP contribution in [0.3, 0.4) is 0 Å². The highest BCUT2D eigenvalue weighted by Gasteiger charge is 2.37. The first kappa shape index (κ1) is 22.7. The third kappa shape index (κ3) is 6.47. The van der Waals surface area contributed by atoms with E-state index >= 15 is 0 Å². The third-order valence-electron chi connectivity index (χ3n) is 4.35. The van der Waals surface area contributed by atoms with E-state index in [-0.39, 0.29) is 37.9 Å². The molecule has 0 spiro atoms. The van der Waals surface area contributed by atoms with Crippen LogP contribution in [-0.2, 0) is 31.8 Å². The van der Waals surface area contributed by atoms with Crippen LogP contribution < -0.4 is 0 Å². The van der Waals surface area contributed by atoms with Gasteiger partial charge in [-0.05, 0) is 38.5 Å². The number of rotatable bonds is 5. The molecule has 0 N–H and O–H groups in total. The van der Waals surface area contributed by atoms with E-state index in [0.717, 1.165) is 12.1 Å². The average Bonchev–Trinajstić information content (AvgIpc) is 2.92. The number of esters is 1. The van der Waals surface area contributed by atoms with E-state index in [1.165, 1.54) is 29.0 Å². The molecule has 1 fully saturated rings. The van der Waals surface area contributed by atoms with E-state index in [2.05, 4.69) is 0 Å². The van der Waals surface area contributed by atoms with Crippen molar-refractivity contribution in [3.63, 3.8) is 0 Å². The van der Waals surface area contributed by atoms with Crippen LogP contribution in [0.4, 0.5) is 13.2 Å². The second-order valence-corrected chi connectivity index (χ2v) is 8.15. The molecular weight excluding hydrogens is 389 g/mol. The Balaban J connectivity index is 1.97. The smallest absolute Gasteiger partial charge is 0.416 e. The molecule has 9 heteroatoms. The molecule has 1 atom stereocenters. The molecule has 1 aromatic rings. The van der Waals surface area contributed by atoms with Crippen LogP contribution in [-0.4, -0.2) is 53.3 Å². The molecule has 1 aliphatic rings. The van der Waals surface area contributed by atoms with Crippen LogP contribution in [0.5, 0.6) is 0 Å². The monoisotopic (exact) mass is 414 g/mol. The van der Waals surface area contributed by atoms with Crippen LogP contribution in [0.25, 0.3) is 0 Å². The van der Waals surface area contributed by atoms with E-state index in [1.54, 1.807) is 20.8 Å². The number of carbonyl (C=O) groups excluding carboxylic acids is 3. The molecule has 1 heterocycles. The zero-order valence-electron chi connectivity index (χ0n) is 16.9. The molecule has 1 aliphatic heterocycles. The number of ether oxygens (including phenoxy) is 1. The number of hydrogen-bond acceptors (Lipinski definition) is 4. The maximum absolute atomic E-state index is 12.9. The Labute approximate surface area is 167 Å². The lowest BCUT2D eigenvalue weighted by Gasteiger charge is -2.24. The van der Waals surface area contributed by atoms with Crippen molar-refractivity contribution in [2.45, 2.75) is 45.5 Å². The standard InChI is InChI=1S/C20H25F3N2O4/c1-19(2,3)29-17(27)12-24(4)18(28)14-9-16(26)25(11-14)10-13-6-5-7-15(8-13)20(21,22)23/h5-8,14H,9-12H2,1-4H3. The van der Waals surface area contributed by atoms with Gasteiger partial charge in [-0.25, -0.2) is 0 Å². The number of likely N-dealkylation sites (N-methyl/N-ethyl adjacent to an activating group) is 1. The molecule has 0 bridgehead atoms. The molecule has 1 saturated heterocycles. The van der Waals surface area contributed by atoms with Crippen molar-refractivity contribution < 1.29 is 32.3 Å². The van der Waals surface area contributed by atoms with Gasteiger partial charge in [0.15, 0.2) is 0 Å². The Morgan fingerprint density at radius 1 is 1.24 bits per heavy atom. The summed E-state index contributed by atoms with van der Waals surface area (Å²) < 4.78 is 43.7. The summed E-state index contributed by atoms with van der Waals surface area (Å²) in [7, 11) is 1.45. The minimum absolute atomic E-state index is 0.0116. The van der Waals surface area contributed by atoms with Crippen LogP contribution in [0.2, 0.25) is 0 Å². The van der Waals surface area contributed by atoms with Crippen molar-refractivity contribution in [1.29, 1.82) is 0 Å². The lowest BCUT2D eigenvalue weighted by molar-refractivity contribution is -0.158. The summed E-state index contributed by atoms with van der Waals surface area (Å²) >= 11 is 0. The SMILES string of the molecule is CN(CC(=O)OC(C)(C)C)C(=O)C1CC(=O)N(Cc2cccc(C(F)(F)F)c2)C1. The third-order valence-corrected chi connectivity index (χ3v) is 4.35. The highest BCUT2D eigenvalue weighted by Crippen LogP contribution is 2.30. The Hall–Kier alpha value is -2.58. The summed E-state index contributed by atoms with van der Waals surface area (Å²) in [6, 6.07) is 4.76. The molecule has 0 aromatic heterocycles. The number of amides is 2. The highest BCUT2D eigenvalue weighted by atomic mass is 19.4. The molecule has 1 aromatic carbocycles. The number of nitrogens with zero attached hydrogens (tertiary/aromatic N) is 2. The number of carbonyl (C=O) groups is 3. The van der Waals surface area contributed by atoms with Gasteiger partial charge in [0.25, 0.3) is 0 Å². The van der Waals surface area contributed by atoms with Crippen molar-refractivity contribution in [2.24, 2.45) is 5.92 Å². The number of hydrogen-bond donors (Lipinski definition) is 0. The first-order valence-corrected chi connectivity index (χ1v) is 9.17. The second kappa shape index (κ2) is 8.42. The Bertz CT molecular complexity index is 787. The summed E-state index contributed by atoms with van der Waals surface area (Å²) in [6.07, 6.45) is -4.51. The number of halogens is 3. The van der Waals surface area contributed by atoms with E-state index in [1.807, 2.05) is 0 Å². The van der Waals surface area contributed by atoms with Crippen molar-refractivity contribution in [3.05, 3.63) is 35.4 Å². The molecule has 1 unspecified atom stereocenters. The number of alkyl halides is 3. The van der Waals surface area contributed by atoms with Gasteiger partial charge in [-0.15, -0.1) is 0 Å². The van der Waals surface area contributed by atoms with Gasteiger partial charge < -0.3 is 14.5 Å². The predicted octanol–water partition coefficient (Wildman–Crippen LogP) is 2.85. The molecule has 2 amide bonds. The summed E-state index contributed by atoms with van der Waals surface area (Å²) in [6.45, 7) is 4.99. The normalized spacial score (nSPS) is 17.4. The second-order valence-electron chi connectivity index (χ2n) is 8.15. The zero-order chi connectivity index (χ0) is 22.0. The van der Waals surface area contributed by atoms with E-state index in [0.29, 0.717) is 5.56 Å². The topological polar surface area (TPSA) is 66.9 Å². The minimum atomic E-state index is -4.46. The van der Waals surface area contributed by atoms with Gasteiger partial charge in [0, 0.05) is 26.6 Å². The van der Waals surface area contributed by atoms with Crippen LogP contribution in [0.1, 0.15) is 38.3 Å². The minimum Gasteiger partial charge on any atom is -0.459 e. The largest absolute Gasteiger partial charge is 0.459 e. The summed E-state index contributed by atoms with van der Waals surface area (Å²) in [4.78, 5) is 39.3. The van der Waals surface area contributed by atoms with Crippen molar-refractivity contribution in [2.75, 3.05) is 20.1 Å². The van der Waals surface area contributed by atoms with Crippen LogP contribution >= 0.6 is 0 Å². The van der Waals surface area contributed by atoms with E-state index in [9.17, 15) is 27.6 Å². The number of benzene rings is 1. The summed E-state index contributed by atoms with van der Waals surface area (Å²) in [5, 5.41) is 0. The molecule has 6 nitrogen and oxygen atoms in total. The van der Waals surface area contributed by atoms with E-state index in [4.69, 9.17) is 4.74 Å². The van der Waals surface area contributed by atoms with Crippen LogP contribution in [0.15, 0.2) is 24.3 Å². The maximum atomic E-state index is 12.9. The van der Waals surface area contributed by atoms with Gasteiger partial charge in [-0.2, -0.15) is 13.2 Å². The fraction of sp³-hybridized carbons (Fsp3) is 0.550. The van der Waals surface area contributed by atoms with Gasteiger partial charge in [0.2, 0.25) is 11.8 Å². The quantitative estimate of drug-likeness (QED) is 0.695. The lowest BCUT2D eigenvalue weighted by atomic mass is 10.1. The van der Waals surface area contributed by atoms with Gasteiger partial charge in [-0.1, -0.05) is 12.1 Å². The molecule has 0 radical (unpaired) electrons. The summed E-state index contributed by atoms with van der Waals surface area (Å²) in [5.74, 6) is -1.90. The van der Waals surface area contributed by atoms with Crippen molar-refractivity contribution >= 4 is 17.8 Å². The van der Waals surface area contributed by atoms with E-state index < -0.39 is 29.2 Å². The number of likely N-dealkylation sites (tertiary alicyclic amines) is 1. The Kier molecular flexibility index (Phi) is 6.60. The fourth-order valence-electron chi connectivity index (χ4n) is 3.11. The van der Waals surface area contributed by atoms with Gasteiger partial charge >= 0.3 is 12.1 Å². The predicted molar refractivity (Wildman–Crippen MR) is 98.5 cm³/mol. The lowest BCUT2D eigenvalue weighted by Crippen LogP contribution is -2.40. The zero-order valence-corrected chi connectivity index (χ0v) is 16.9. The highest BCUT2D eigenvalue weighted by molar-refractivity contribution is 5.90. The van der Waals surface area contributed by atoms with Crippen molar-refractivity contribution in [3.8, 4) is 0 Å². The molecular formula is C20H25F3N2O4. The maximum Gasteiger partial charge on any atom is 0.416 e. The summed E-state index contributed by atoms with van der Waals surface area (Å²) in [5.41, 5.74) is -1.12. The Morgan fingerprint density at radius 2 is 1.90 bits per heavy atom. The fourth-order valence-corrected chi connectivity index (χ4v) is 3.11. The molecule has 0 aliphatic carbocycles. The van der Waals surface area contributed by atoms with Gasteiger partial charge in [0.1, 0.15) is 12.1 Å². The van der Waals surface area contributed by atoms with Gasteiger partial charge in [0.05, 0.1) is 11.5 Å². The molecule has 0 saturated carbocycles. The molecule has 2 rings (SSSR count). The van der Waals surface area contributed by atoms with Gasteiger partial charge in [-0.3, -0.25) is 14.4 Å². The van der Waals surface area contributed by atoms with Crippen molar-refractivity contribution in [1.82, 2.24) is 9.80 Å².